The van der Waals surface area contributed by atoms with Crippen molar-refractivity contribution in [1.29, 1.82) is 0 Å². The van der Waals surface area contributed by atoms with Gasteiger partial charge in [0.15, 0.2) is 0 Å². The van der Waals surface area contributed by atoms with Crippen molar-refractivity contribution in [3.8, 4) is 0 Å². The zero-order valence-electron chi connectivity index (χ0n) is 12.1. The third-order valence-electron chi connectivity index (χ3n) is 3.75. The maximum Gasteiger partial charge on any atom is 0.0801 e. The molecule has 3 nitrogen and oxygen atoms in total. The molecule has 3 rings (SSSR count). The molecule has 3 heteroatoms. The molecule has 106 valence electrons. The lowest BCUT2D eigenvalue weighted by Gasteiger charge is -2.23. The normalized spacial score (nSPS) is 12.5. The minimum atomic E-state index is -0.170. The van der Waals surface area contributed by atoms with Gasteiger partial charge < -0.3 is 5.73 Å². The first-order valence-corrected chi connectivity index (χ1v) is 7.11. The molecule has 0 spiro atoms. The maximum absolute atomic E-state index is 6.54. The van der Waals surface area contributed by atoms with Crippen LogP contribution >= 0.6 is 0 Å². The summed E-state index contributed by atoms with van der Waals surface area (Å²) in [5, 5.41) is 4.47. The largest absolute Gasteiger partial charge is 0.322 e. The van der Waals surface area contributed by atoms with Crippen LogP contribution in [0.4, 0.5) is 0 Å². The van der Waals surface area contributed by atoms with E-state index < -0.39 is 0 Å². The van der Waals surface area contributed by atoms with E-state index in [0.717, 1.165) is 5.69 Å². The molecule has 1 heterocycles. The topological polar surface area (TPSA) is 43.8 Å². The number of nitrogens with zero attached hydrogens (tertiary/aromatic N) is 2. The molecule has 21 heavy (non-hydrogen) atoms. The van der Waals surface area contributed by atoms with E-state index in [0.29, 0.717) is 0 Å². The van der Waals surface area contributed by atoms with Crippen molar-refractivity contribution in [2.75, 3.05) is 0 Å². The van der Waals surface area contributed by atoms with Crippen LogP contribution in [0.2, 0.25) is 0 Å². The average molecular weight is 277 g/mol. The molecule has 2 N–H and O–H groups in total. The molecule has 2 aromatic carbocycles. The maximum atomic E-state index is 6.54. The fourth-order valence-electron chi connectivity index (χ4n) is 2.71. The van der Waals surface area contributed by atoms with Crippen molar-refractivity contribution in [3.63, 3.8) is 0 Å². The zero-order valence-corrected chi connectivity index (χ0v) is 12.1. The predicted octanol–water partition coefficient (Wildman–Crippen LogP) is 3.25. The fraction of sp³-hybridized carbons (Fsp3) is 0.167. The van der Waals surface area contributed by atoms with Gasteiger partial charge in [-0.1, -0.05) is 60.7 Å². The van der Waals surface area contributed by atoms with Crippen molar-refractivity contribution in [1.82, 2.24) is 9.78 Å². The fourth-order valence-corrected chi connectivity index (χ4v) is 2.71. The highest BCUT2D eigenvalue weighted by atomic mass is 15.3. The minimum Gasteiger partial charge on any atom is -0.322 e. The van der Waals surface area contributed by atoms with Crippen molar-refractivity contribution in [2.24, 2.45) is 12.8 Å². The van der Waals surface area contributed by atoms with E-state index in [-0.39, 0.29) is 12.0 Å². The van der Waals surface area contributed by atoms with Gasteiger partial charge in [0.05, 0.1) is 11.7 Å². The Hall–Kier alpha value is -2.39. The number of benzene rings is 2. The molecule has 0 aliphatic rings. The molecule has 1 unspecified atom stereocenters. The second-order valence-electron chi connectivity index (χ2n) is 5.24. The number of hydrogen-bond donors (Lipinski definition) is 1. The van der Waals surface area contributed by atoms with Crippen molar-refractivity contribution in [2.45, 2.75) is 12.0 Å². The van der Waals surface area contributed by atoms with Gasteiger partial charge >= 0.3 is 0 Å². The summed E-state index contributed by atoms with van der Waals surface area (Å²) in [6.45, 7) is 0. The monoisotopic (exact) mass is 277 g/mol. The second kappa shape index (κ2) is 5.94. The van der Waals surface area contributed by atoms with Gasteiger partial charge in [-0.25, -0.2) is 0 Å². The molecule has 1 aromatic heterocycles. The summed E-state index contributed by atoms with van der Waals surface area (Å²) >= 11 is 0. The quantitative estimate of drug-likeness (QED) is 0.795. The number of nitrogens with two attached hydrogens (primary N) is 1. The highest BCUT2D eigenvalue weighted by Crippen LogP contribution is 2.34. The Morgan fingerprint density at radius 1 is 0.857 bits per heavy atom. The van der Waals surface area contributed by atoms with E-state index >= 15 is 0 Å². The van der Waals surface area contributed by atoms with Gasteiger partial charge in [0.1, 0.15) is 0 Å². The minimum absolute atomic E-state index is 0.0994. The Bertz CT molecular complexity index is 649. The highest BCUT2D eigenvalue weighted by molar-refractivity contribution is 5.36. The van der Waals surface area contributed by atoms with Gasteiger partial charge in [-0.05, 0) is 17.2 Å². The van der Waals surface area contributed by atoms with Gasteiger partial charge in [0.25, 0.3) is 0 Å². The molecular weight excluding hydrogens is 258 g/mol. The predicted molar refractivity (Wildman–Crippen MR) is 84.9 cm³/mol. The summed E-state index contributed by atoms with van der Waals surface area (Å²) in [7, 11) is 1.91. The van der Waals surface area contributed by atoms with E-state index in [2.05, 4.69) is 53.6 Å². The molecule has 0 fully saturated rings. The lowest BCUT2D eigenvalue weighted by molar-refractivity contribution is 0.595. The molecule has 1 atom stereocenters. The Kier molecular flexibility index (Phi) is 3.84. The van der Waals surface area contributed by atoms with Crippen LogP contribution in [0.1, 0.15) is 28.8 Å². The molecule has 0 saturated carbocycles. The molecule has 0 bridgehead atoms. The van der Waals surface area contributed by atoms with Gasteiger partial charge in [-0.3, -0.25) is 4.68 Å². The molecule has 0 radical (unpaired) electrons. The molecule has 3 aromatic rings. The van der Waals surface area contributed by atoms with Gasteiger partial charge in [-0.15, -0.1) is 0 Å². The Morgan fingerprint density at radius 3 is 1.81 bits per heavy atom. The van der Waals surface area contributed by atoms with Crippen molar-refractivity contribution < 1.29 is 0 Å². The van der Waals surface area contributed by atoms with Crippen LogP contribution in [0.25, 0.3) is 0 Å². The number of hydrogen-bond acceptors (Lipinski definition) is 2. The van der Waals surface area contributed by atoms with E-state index in [9.17, 15) is 0 Å². The SMILES string of the molecule is Cn1ccc(C(N)C(c2ccccc2)c2ccccc2)n1. The van der Waals surface area contributed by atoms with E-state index in [4.69, 9.17) is 5.73 Å². The summed E-state index contributed by atoms with van der Waals surface area (Å²) in [6, 6.07) is 22.6. The van der Waals surface area contributed by atoms with Crippen LogP contribution in [0, 0.1) is 0 Å². The summed E-state index contributed by atoms with van der Waals surface area (Å²) in [6.07, 6.45) is 1.93. The lowest BCUT2D eigenvalue weighted by atomic mass is 9.84. The van der Waals surface area contributed by atoms with Crippen molar-refractivity contribution in [3.05, 3.63) is 89.7 Å². The third kappa shape index (κ3) is 2.88. The Balaban J connectivity index is 2.04. The number of rotatable bonds is 4. The van der Waals surface area contributed by atoms with Crippen molar-refractivity contribution >= 4 is 0 Å². The summed E-state index contributed by atoms with van der Waals surface area (Å²) < 4.78 is 1.79. The van der Waals surface area contributed by atoms with Crippen LogP contribution < -0.4 is 5.73 Å². The first-order valence-electron chi connectivity index (χ1n) is 7.11. The summed E-state index contributed by atoms with van der Waals surface area (Å²) in [5.74, 6) is 0.0994. The molecular formula is C18H19N3. The molecule has 0 saturated heterocycles. The van der Waals surface area contributed by atoms with Gasteiger partial charge in [0, 0.05) is 19.2 Å². The van der Waals surface area contributed by atoms with Crippen LogP contribution in [0.3, 0.4) is 0 Å². The number of aromatic nitrogens is 2. The van der Waals surface area contributed by atoms with Crippen LogP contribution in [0.15, 0.2) is 72.9 Å². The van der Waals surface area contributed by atoms with Crippen LogP contribution in [-0.2, 0) is 7.05 Å². The first kappa shape index (κ1) is 13.6. The lowest BCUT2D eigenvalue weighted by Crippen LogP contribution is -2.21. The molecule has 0 amide bonds. The smallest absolute Gasteiger partial charge is 0.0801 e. The van der Waals surface area contributed by atoms with E-state index in [1.807, 2.05) is 31.4 Å². The second-order valence-corrected chi connectivity index (χ2v) is 5.24. The average Bonchev–Trinajstić information content (AvgIpc) is 2.96. The number of aryl methyl sites for hydroxylation is 1. The standard InChI is InChI=1S/C18H19N3/c1-21-13-12-16(20-21)18(19)17(14-8-4-2-5-9-14)15-10-6-3-7-11-15/h2-13,17-18H,19H2,1H3. The molecule has 0 aliphatic heterocycles. The van der Waals surface area contributed by atoms with Gasteiger partial charge in [-0.2, -0.15) is 5.10 Å². The summed E-state index contributed by atoms with van der Waals surface area (Å²) in [4.78, 5) is 0. The van der Waals surface area contributed by atoms with Gasteiger partial charge in [0.2, 0.25) is 0 Å². The van der Waals surface area contributed by atoms with E-state index in [1.54, 1.807) is 4.68 Å². The van der Waals surface area contributed by atoms with Crippen LogP contribution in [0.5, 0.6) is 0 Å². The Morgan fingerprint density at radius 2 is 1.38 bits per heavy atom. The Labute approximate surface area is 125 Å². The zero-order chi connectivity index (χ0) is 14.7. The molecule has 0 aliphatic carbocycles. The summed E-state index contributed by atoms with van der Waals surface area (Å²) in [5.41, 5.74) is 9.87. The third-order valence-corrected chi connectivity index (χ3v) is 3.75. The highest BCUT2D eigenvalue weighted by Gasteiger charge is 2.24. The van der Waals surface area contributed by atoms with E-state index in [1.165, 1.54) is 11.1 Å². The van der Waals surface area contributed by atoms with Crippen LogP contribution in [-0.4, -0.2) is 9.78 Å². The first-order chi connectivity index (χ1) is 10.3.